The van der Waals surface area contributed by atoms with Crippen LogP contribution in [0.25, 0.3) is 0 Å². The van der Waals surface area contributed by atoms with Crippen LogP contribution in [-0.2, 0) is 4.79 Å². The number of rotatable bonds is 7. The zero-order valence-corrected chi connectivity index (χ0v) is 14.3. The molecule has 3 nitrogen and oxygen atoms in total. The van der Waals surface area contributed by atoms with E-state index in [9.17, 15) is 4.79 Å². The van der Waals surface area contributed by atoms with E-state index in [1.54, 1.807) is 0 Å². The normalized spacial score (nSPS) is 18.2. The molecule has 1 N–H and O–H groups in total. The van der Waals surface area contributed by atoms with E-state index < -0.39 is 0 Å². The molecule has 0 aromatic carbocycles. The Kier molecular flexibility index (Phi) is 6.50. The van der Waals surface area contributed by atoms with Gasteiger partial charge in [-0.15, -0.1) is 0 Å². The van der Waals surface area contributed by atoms with E-state index in [1.165, 1.54) is 12.8 Å². The van der Waals surface area contributed by atoms with Crippen LogP contribution in [0, 0.1) is 11.8 Å². The Hall–Kier alpha value is -0.570. The van der Waals surface area contributed by atoms with Crippen molar-refractivity contribution in [2.45, 2.75) is 78.8 Å². The van der Waals surface area contributed by atoms with Crippen molar-refractivity contribution in [1.82, 2.24) is 10.2 Å². The lowest BCUT2D eigenvalue weighted by molar-refractivity contribution is -0.140. The van der Waals surface area contributed by atoms with E-state index in [1.807, 2.05) is 4.90 Å². The fourth-order valence-electron chi connectivity index (χ4n) is 2.78. The number of nitrogens with zero attached hydrogens (tertiary/aromatic N) is 1. The summed E-state index contributed by atoms with van der Waals surface area (Å²) < 4.78 is 0. The van der Waals surface area contributed by atoms with Gasteiger partial charge in [-0.1, -0.05) is 40.0 Å². The molecule has 0 spiro atoms. The zero-order chi connectivity index (χ0) is 15.3. The van der Waals surface area contributed by atoms with Crippen molar-refractivity contribution in [2.75, 3.05) is 13.1 Å². The third-order valence-electron chi connectivity index (χ3n) is 3.81. The molecule has 20 heavy (non-hydrogen) atoms. The smallest absolute Gasteiger partial charge is 0.239 e. The number of carbonyl (C=O) groups excluding carboxylic acids is 1. The molecule has 3 heteroatoms. The van der Waals surface area contributed by atoms with Gasteiger partial charge < -0.3 is 10.2 Å². The van der Waals surface area contributed by atoms with Gasteiger partial charge in [-0.3, -0.25) is 4.79 Å². The van der Waals surface area contributed by atoms with Crippen molar-refractivity contribution >= 4 is 5.91 Å². The van der Waals surface area contributed by atoms with E-state index in [0.717, 1.165) is 31.8 Å². The van der Waals surface area contributed by atoms with Gasteiger partial charge in [-0.2, -0.15) is 0 Å². The van der Waals surface area contributed by atoms with Crippen molar-refractivity contribution in [1.29, 1.82) is 0 Å². The third kappa shape index (κ3) is 6.25. The van der Waals surface area contributed by atoms with Gasteiger partial charge in [0.15, 0.2) is 0 Å². The predicted octanol–water partition coefficient (Wildman–Crippen LogP) is 3.44. The quantitative estimate of drug-likeness (QED) is 0.726. The summed E-state index contributed by atoms with van der Waals surface area (Å²) in [6.45, 7) is 15.0. The average Bonchev–Trinajstić information content (AvgIpc) is 2.26. The van der Waals surface area contributed by atoms with Crippen molar-refractivity contribution in [2.24, 2.45) is 11.8 Å². The van der Waals surface area contributed by atoms with Crippen LogP contribution in [-0.4, -0.2) is 35.5 Å². The second-order valence-electron chi connectivity index (χ2n) is 7.97. The molecule has 1 rings (SSSR count). The van der Waals surface area contributed by atoms with E-state index in [2.05, 4.69) is 46.9 Å². The summed E-state index contributed by atoms with van der Waals surface area (Å²) in [6.07, 6.45) is 4.59. The molecular weight excluding hydrogens is 248 g/mol. The van der Waals surface area contributed by atoms with Gasteiger partial charge in [0.05, 0.1) is 6.04 Å². The van der Waals surface area contributed by atoms with Crippen molar-refractivity contribution in [3.8, 4) is 0 Å². The molecule has 1 saturated heterocycles. The van der Waals surface area contributed by atoms with Crippen molar-refractivity contribution in [3.63, 3.8) is 0 Å². The van der Waals surface area contributed by atoms with Crippen LogP contribution in [0.1, 0.15) is 67.2 Å². The van der Waals surface area contributed by atoms with Gasteiger partial charge in [0, 0.05) is 18.6 Å². The summed E-state index contributed by atoms with van der Waals surface area (Å²) in [5, 5.41) is 3.52. The standard InChI is InChI=1S/C17H34N2O/c1-13(2)9-7-8-10-15(18-17(4,5)6)16(20)19-11-14(3)12-19/h13-15,18H,7-12H2,1-6H3. The van der Waals surface area contributed by atoms with Crippen LogP contribution in [0.4, 0.5) is 0 Å². The first-order valence-corrected chi connectivity index (χ1v) is 8.25. The maximum absolute atomic E-state index is 12.5. The van der Waals surface area contributed by atoms with Gasteiger partial charge in [0.2, 0.25) is 5.91 Å². The predicted molar refractivity (Wildman–Crippen MR) is 85.7 cm³/mol. The molecule has 1 atom stereocenters. The Labute approximate surface area is 125 Å². The Bertz CT molecular complexity index is 301. The molecule has 1 amide bonds. The van der Waals surface area contributed by atoms with Crippen LogP contribution >= 0.6 is 0 Å². The van der Waals surface area contributed by atoms with Crippen molar-refractivity contribution in [3.05, 3.63) is 0 Å². The van der Waals surface area contributed by atoms with Gasteiger partial charge in [-0.05, 0) is 39.0 Å². The second-order valence-corrected chi connectivity index (χ2v) is 7.97. The molecule has 1 unspecified atom stereocenters. The molecule has 0 bridgehead atoms. The van der Waals surface area contributed by atoms with Gasteiger partial charge in [0.25, 0.3) is 0 Å². The molecule has 0 aliphatic carbocycles. The maximum atomic E-state index is 12.5. The summed E-state index contributed by atoms with van der Waals surface area (Å²) >= 11 is 0. The lowest BCUT2D eigenvalue weighted by atomic mass is 9.96. The first-order valence-electron chi connectivity index (χ1n) is 8.25. The highest BCUT2D eigenvalue weighted by molar-refractivity contribution is 5.82. The van der Waals surface area contributed by atoms with Gasteiger partial charge in [0.1, 0.15) is 0 Å². The minimum atomic E-state index is -0.00510. The van der Waals surface area contributed by atoms with Gasteiger partial charge in [-0.25, -0.2) is 0 Å². The van der Waals surface area contributed by atoms with Gasteiger partial charge >= 0.3 is 0 Å². The number of unbranched alkanes of at least 4 members (excludes halogenated alkanes) is 1. The topological polar surface area (TPSA) is 32.3 Å². The molecule has 118 valence electrons. The highest BCUT2D eigenvalue weighted by atomic mass is 16.2. The summed E-state index contributed by atoms with van der Waals surface area (Å²) in [5.41, 5.74) is -0.00510. The number of amides is 1. The molecule has 1 aliphatic rings. The molecule has 0 aromatic rings. The molecule has 0 saturated carbocycles. The van der Waals surface area contributed by atoms with E-state index in [4.69, 9.17) is 0 Å². The second kappa shape index (κ2) is 7.44. The third-order valence-corrected chi connectivity index (χ3v) is 3.81. The van der Waals surface area contributed by atoms with Crippen LogP contribution < -0.4 is 5.32 Å². The Morgan fingerprint density at radius 3 is 2.20 bits per heavy atom. The number of carbonyl (C=O) groups is 1. The van der Waals surface area contributed by atoms with Crippen LogP contribution in [0.3, 0.4) is 0 Å². The van der Waals surface area contributed by atoms with Crippen LogP contribution in [0.2, 0.25) is 0 Å². The van der Waals surface area contributed by atoms with Crippen molar-refractivity contribution < 1.29 is 4.79 Å². The lowest BCUT2D eigenvalue weighted by Crippen LogP contribution is -2.58. The van der Waals surface area contributed by atoms with E-state index >= 15 is 0 Å². The van der Waals surface area contributed by atoms with Crippen LogP contribution in [0.15, 0.2) is 0 Å². The number of likely N-dealkylation sites (tertiary alicyclic amines) is 1. The monoisotopic (exact) mass is 282 g/mol. The molecule has 1 heterocycles. The molecule has 0 radical (unpaired) electrons. The highest BCUT2D eigenvalue weighted by Gasteiger charge is 2.33. The number of hydrogen-bond acceptors (Lipinski definition) is 2. The molecule has 0 aromatic heterocycles. The lowest BCUT2D eigenvalue weighted by Gasteiger charge is -2.41. The number of nitrogens with one attached hydrogen (secondary N) is 1. The Balaban J connectivity index is 2.45. The number of hydrogen-bond donors (Lipinski definition) is 1. The zero-order valence-electron chi connectivity index (χ0n) is 14.3. The first-order chi connectivity index (χ1) is 9.19. The SMILES string of the molecule is CC(C)CCCCC(NC(C)(C)C)C(=O)N1CC(C)C1. The fourth-order valence-corrected chi connectivity index (χ4v) is 2.78. The Morgan fingerprint density at radius 2 is 1.75 bits per heavy atom. The van der Waals surface area contributed by atoms with E-state index in [0.29, 0.717) is 11.8 Å². The minimum Gasteiger partial charge on any atom is -0.341 e. The molecular formula is C17H34N2O. The molecule has 1 fully saturated rings. The first kappa shape index (κ1) is 17.5. The fraction of sp³-hybridized carbons (Fsp3) is 0.941. The molecule has 1 aliphatic heterocycles. The minimum absolute atomic E-state index is 0.00494. The largest absolute Gasteiger partial charge is 0.341 e. The van der Waals surface area contributed by atoms with E-state index in [-0.39, 0.29) is 11.6 Å². The Morgan fingerprint density at radius 1 is 1.20 bits per heavy atom. The summed E-state index contributed by atoms with van der Waals surface area (Å²) in [7, 11) is 0. The maximum Gasteiger partial charge on any atom is 0.239 e. The highest BCUT2D eigenvalue weighted by Crippen LogP contribution is 2.19. The average molecular weight is 282 g/mol. The van der Waals surface area contributed by atoms with Crippen LogP contribution in [0.5, 0.6) is 0 Å². The summed E-state index contributed by atoms with van der Waals surface area (Å²) in [6, 6.07) is -0.00494. The summed E-state index contributed by atoms with van der Waals surface area (Å²) in [4.78, 5) is 14.6. The summed E-state index contributed by atoms with van der Waals surface area (Å²) in [5.74, 6) is 1.74.